The van der Waals surface area contributed by atoms with Gasteiger partial charge in [-0.25, -0.2) is 0 Å². The van der Waals surface area contributed by atoms with Gasteiger partial charge in [-0.3, -0.25) is 4.79 Å². The van der Waals surface area contributed by atoms with E-state index in [4.69, 9.17) is 39.5 Å². The molecule has 0 aliphatic carbocycles. The molecule has 0 aromatic heterocycles. The smallest absolute Gasteiger partial charge is 0.263 e. The predicted molar refractivity (Wildman–Crippen MR) is 133 cm³/mol. The zero-order valence-corrected chi connectivity index (χ0v) is 20.5. The fraction of sp³-hybridized carbons (Fsp3) is 0.269. The second-order valence-corrected chi connectivity index (χ2v) is 9.55. The molecule has 0 aliphatic heterocycles. The molecule has 3 aromatic rings. The van der Waals surface area contributed by atoms with Gasteiger partial charge >= 0.3 is 0 Å². The number of hydrogen-bond acceptors (Lipinski definition) is 2. The van der Waals surface area contributed by atoms with Crippen molar-refractivity contribution in [3.63, 3.8) is 0 Å². The minimum absolute atomic E-state index is 0.0714. The Bertz CT molecular complexity index is 1050. The Kier molecular flexibility index (Phi) is 8.10. The first-order valence-electron chi connectivity index (χ1n) is 10.4. The van der Waals surface area contributed by atoms with Crippen LogP contribution in [0.4, 0.5) is 0 Å². The van der Waals surface area contributed by atoms with E-state index in [0.29, 0.717) is 20.8 Å². The van der Waals surface area contributed by atoms with E-state index in [-0.39, 0.29) is 17.9 Å². The lowest BCUT2D eigenvalue weighted by Gasteiger charge is -2.31. The highest BCUT2D eigenvalue weighted by Crippen LogP contribution is 2.29. The minimum atomic E-state index is -1.10. The maximum Gasteiger partial charge on any atom is 0.263 e. The summed E-state index contributed by atoms with van der Waals surface area (Å²) in [5.41, 5.74) is 1.20. The number of benzene rings is 3. The zero-order valence-electron chi connectivity index (χ0n) is 18.2. The molecule has 0 spiro atoms. The Morgan fingerprint density at radius 1 is 0.938 bits per heavy atom. The monoisotopic (exact) mass is 489 g/mol. The van der Waals surface area contributed by atoms with Crippen LogP contribution < -0.4 is 10.1 Å². The molecule has 0 saturated carbocycles. The van der Waals surface area contributed by atoms with Crippen molar-refractivity contribution in [2.45, 2.75) is 44.8 Å². The van der Waals surface area contributed by atoms with Crippen LogP contribution in [0.5, 0.6) is 5.75 Å². The van der Waals surface area contributed by atoms with E-state index in [0.717, 1.165) is 17.5 Å². The predicted octanol–water partition coefficient (Wildman–Crippen LogP) is 7.34. The van der Waals surface area contributed by atoms with Crippen LogP contribution in [0.15, 0.2) is 72.8 Å². The Labute approximate surface area is 204 Å². The van der Waals surface area contributed by atoms with Crippen molar-refractivity contribution in [3.05, 3.63) is 99.0 Å². The van der Waals surface area contributed by atoms with Crippen LogP contribution in [-0.4, -0.2) is 17.6 Å². The largest absolute Gasteiger partial charge is 0.478 e. The molecule has 0 heterocycles. The van der Waals surface area contributed by atoms with Crippen LogP contribution in [0.3, 0.4) is 0 Å². The second-order valence-electron chi connectivity index (χ2n) is 8.30. The average molecular weight is 491 g/mol. The zero-order chi connectivity index (χ0) is 23.3. The SMILES string of the molecule is CC(NC(=O)C(C)(C)Oc1ccc(Cl)c(Cl)c1)C(Cc1ccc(Cl)cc1)c1ccccc1. The van der Waals surface area contributed by atoms with Crippen LogP contribution in [-0.2, 0) is 11.2 Å². The molecule has 1 N–H and O–H groups in total. The van der Waals surface area contributed by atoms with E-state index < -0.39 is 5.60 Å². The first-order chi connectivity index (χ1) is 15.2. The number of amides is 1. The lowest BCUT2D eigenvalue weighted by Crippen LogP contribution is -2.51. The van der Waals surface area contributed by atoms with Gasteiger partial charge in [0.2, 0.25) is 0 Å². The van der Waals surface area contributed by atoms with E-state index in [2.05, 4.69) is 17.4 Å². The number of ether oxygens (including phenoxy) is 1. The molecule has 0 radical (unpaired) electrons. The Morgan fingerprint density at radius 2 is 1.59 bits per heavy atom. The highest BCUT2D eigenvalue weighted by Gasteiger charge is 2.33. The molecule has 6 heteroatoms. The van der Waals surface area contributed by atoms with E-state index in [9.17, 15) is 4.79 Å². The third kappa shape index (κ3) is 6.41. The molecule has 2 atom stereocenters. The molecule has 2 unspecified atom stereocenters. The van der Waals surface area contributed by atoms with Crippen LogP contribution in [0, 0.1) is 0 Å². The summed E-state index contributed by atoms with van der Waals surface area (Å²) in [5.74, 6) is 0.336. The Hall–Kier alpha value is -2.20. The van der Waals surface area contributed by atoms with E-state index in [1.807, 2.05) is 49.4 Å². The van der Waals surface area contributed by atoms with Crippen molar-refractivity contribution in [1.29, 1.82) is 0 Å². The molecule has 0 bridgehead atoms. The second kappa shape index (κ2) is 10.6. The number of rotatable bonds is 8. The van der Waals surface area contributed by atoms with Gasteiger partial charge in [-0.15, -0.1) is 0 Å². The first kappa shape index (κ1) is 24.4. The first-order valence-corrected chi connectivity index (χ1v) is 11.5. The van der Waals surface area contributed by atoms with Crippen molar-refractivity contribution < 1.29 is 9.53 Å². The molecule has 168 valence electrons. The molecule has 32 heavy (non-hydrogen) atoms. The van der Waals surface area contributed by atoms with Gasteiger partial charge in [-0.2, -0.15) is 0 Å². The van der Waals surface area contributed by atoms with Crippen LogP contribution in [0.1, 0.15) is 37.8 Å². The Morgan fingerprint density at radius 3 is 2.22 bits per heavy atom. The fourth-order valence-electron chi connectivity index (χ4n) is 3.52. The molecular weight excluding hydrogens is 465 g/mol. The number of nitrogens with one attached hydrogen (secondary N) is 1. The maximum absolute atomic E-state index is 13.2. The Balaban J connectivity index is 1.76. The van der Waals surface area contributed by atoms with Crippen molar-refractivity contribution in [2.24, 2.45) is 0 Å². The lowest BCUT2D eigenvalue weighted by atomic mass is 9.86. The van der Waals surface area contributed by atoms with E-state index in [1.54, 1.807) is 32.0 Å². The number of carbonyl (C=O) groups excluding carboxylic acids is 1. The summed E-state index contributed by atoms with van der Waals surface area (Å²) >= 11 is 18.1. The van der Waals surface area contributed by atoms with E-state index in [1.165, 1.54) is 0 Å². The molecule has 1 amide bonds. The molecule has 3 nitrogen and oxygen atoms in total. The quantitative estimate of drug-likeness (QED) is 0.359. The van der Waals surface area contributed by atoms with Gasteiger partial charge in [-0.05, 0) is 62.6 Å². The standard InChI is InChI=1S/C26H26Cl3NO2/c1-17(30-25(31)26(2,3)32-21-13-14-23(28)24(29)16-21)22(19-7-5-4-6-8-19)15-18-9-11-20(27)12-10-18/h4-14,16-17,22H,15H2,1-3H3,(H,30,31). The van der Waals surface area contributed by atoms with E-state index >= 15 is 0 Å². The third-order valence-corrected chi connectivity index (χ3v) is 6.36. The van der Waals surface area contributed by atoms with Crippen molar-refractivity contribution >= 4 is 40.7 Å². The summed E-state index contributed by atoms with van der Waals surface area (Å²) in [5, 5.41) is 4.66. The van der Waals surface area contributed by atoms with Crippen LogP contribution in [0.25, 0.3) is 0 Å². The third-order valence-electron chi connectivity index (χ3n) is 5.37. The number of hydrogen-bond donors (Lipinski definition) is 1. The topological polar surface area (TPSA) is 38.3 Å². The van der Waals surface area contributed by atoms with Gasteiger partial charge in [-0.1, -0.05) is 77.3 Å². The summed E-state index contributed by atoms with van der Waals surface area (Å²) in [6.45, 7) is 5.48. The van der Waals surface area contributed by atoms with Gasteiger partial charge in [0, 0.05) is 23.0 Å². The molecule has 3 aromatic carbocycles. The number of halogens is 3. The van der Waals surface area contributed by atoms with Crippen molar-refractivity contribution in [1.82, 2.24) is 5.32 Å². The average Bonchev–Trinajstić information content (AvgIpc) is 2.76. The summed E-state index contributed by atoms with van der Waals surface area (Å²) in [7, 11) is 0. The van der Waals surface area contributed by atoms with Gasteiger partial charge in [0.05, 0.1) is 10.0 Å². The summed E-state index contributed by atoms with van der Waals surface area (Å²) < 4.78 is 5.95. The maximum atomic E-state index is 13.2. The van der Waals surface area contributed by atoms with Gasteiger partial charge < -0.3 is 10.1 Å². The van der Waals surface area contributed by atoms with Crippen molar-refractivity contribution in [2.75, 3.05) is 0 Å². The summed E-state index contributed by atoms with van der Waals surface area (Å²) in [6, 6.07) is 22.8. The van der Waals surface area contributed by atoms with Crippen molar-refractivity contribution in [3.8, 4) is 5.75 Å². The number of carbonyl (C=O) groups is 1. The van der Waals surface area contributed by atoms with Gasteiger partial charge in [0.25, 0.3) is 5.91 Å². The van der Waals surface area contributed by atoms with Gasteiger partial charge in [0.15, 0.2) is 5.60 Å². The molecule has 3 rings (SSSR count). The minimum Gasteiger partial charge on any atom is -0.478 e. The fourth-order valence-corrected chi connectivity index (χ4v) is 3.93. The van der Waals surface area contributed by atoms with Crippen LogP contribution >= 0.6 is 34.8 Å². The lowest BCUT2D eigenvalue weighted by molar-refractivity contribution is -0.135. The molecule has 0 fully saturated rings. The van der Waals surface area contributed by atoms with Crippen LogP contribution in [0.2, 0.25) is 15.1 Å². The molecular formula is C26H26Cl3NO2. The molecule has 0 aliphatic rings. The highest BCUT2D eigenvalue weighted by molar-refractivity contribution is 6.42. The summed E-state index contributed by atoms with van der Waals surface area (Å²) in [4.78, 5) is 13.2. The molecule has 0 saturated heterocycles. The highest BCUT2D eigenvalue weighted by atomic mass is 35.5. The normalized spacial score (nSPS) is 13.3. The van der Waals surface area contributed by atoms with Gasteiger partial charge in [0.1, 0.15) is 5.75 Å². The summed E-state index contributed by atoms with van der Waals surface area (Å²) in [6.07, 6.45) is 0.761.